The number of anilines is 2. The van der Waals surface area contributed by atoms with Crippen LogP contribution in [0.5, 0.6) is 0 Å². The number of nitrogens with zero attached hydrogens (tertiary/aromatic N) is 4. The molecule has 0 saturated carbocycles. The van der Waals surface area contributed by atoms with Gasteiger partial charge >= 0.3 is 0 Å². The van der Waals surface area contributed by atoms with Gasteiger partial charge in [-0.15, -0.1) is 0 Å². The van der Waals surface area contributed by atoms with Gasteiger partial charge in [-0.3, -0.25) is 9.59 Å². The number of benzene rings is 1. The lowest BCUT2D eigenvalue weighted by Gasteiger charge is -2.26. The van der Waals surface area contributed by atoms with Crippen molar-refractivity contribution in [1.29, 1.82) is 0 Å². The molecule has 2 aromatic heterocycles. The maximum atomic E-state index is 12.7. The molecule has 0 unspecified atom stereocenters. The molecule has 2 N–H and O–H groups in total. The van der Waals surface area contributed by atoms with E-state index in [1.54, 1.807) is 19.3 Å². The van der Waals surface area contributed by atoms with E-state index in [0.717, 1.165) is 17.1 Å². The van der Waals surface area contributed by atoms with Crippen LogP contribution in [0.15, 0.2) is 48.9 Å². The summed E-state index contributed by atoms with van der Waals surface area (Å²) < 4.78 is 1.98. The van der Waals surface area contributed by atoms with Crippen LogP contribution in [0.1, 0.15) is 21.7 Å². The first-order chi connectivity index (χ1) is 13.5. The largest absolute Gasteiger partial charge is 0.359 e. The molecule has 142 valence electrons. The Balaban J connectivity index is 1.54. The summed E-state index contributed by atoms with van der Waals surface area (Å²) in [6, 6.07) is 9.52. The highest BCUT2D eigenvalue weighted by Gasteiger charge is 2.23. The second-order valence-electron chi connectivity index (χ2n) is 6.55. The van der Waals surface area contributed by atoms with Crippen LogP contribution in [0, 0.1) is 6.92 Å². The first-order valence-electron chi connectivity index (χ1n) is 8.91. The number of rotatable bonds is 4. The second kappa shape index (κ2) is 7.15. The van der Waals surface area contributed by atoms with E-state index in [1.807, 2.05) is 42.0 Å². The summed E-state index contributed by atoms with van der Waals surface area (Å²) in [5.74, 6) is 1.15. The number of fused-ring (bicyclic) bond motifs is 1. The van der Waals surface area contributed by atoms with Gasteiger partial charge in [-0.1, -0.05) is 18.2 Å². The van der Waals surface area contributed by atoms with Crippen molar-refractivity contribution < 1.29 is 9.59 Å². The summed E-state index contributed by atoms with van der Waals surface area (Å²) in [4.78, 5) is 34.6. The van der Waals surface area contributed by atoms with Gasteiger partial charge in [0.2, 0.25) is 5.91 Å². The molecule has 8 nitrogen and oxygen atoms in total. The number of carbonyl (C=O) groups excluding carboxylic acids is 2. The predicted molar refractivity (Wildman–Crippen MR) is 106 cm³/mol. The van der Waals surface area contributed by atoms with Gasteiger partial charge in [0.25, 0.3) is 5.91 Å². The Kier molecular flexibility index (Phi) is 4.52. The van der Waals surface area contributed by atoms with Gasteiger partial charge in [-0.05, 0) is 24.6 Å². The average Bonchev–Trinajstić information content (AvgIpc) is 3.14. The van der Waals surface area contributed by atoms with Crippen molar-refractivity contribution in [3.63, 3.8) is 0 Å². The molecule has 1 aliphatic heterocycles. The third-order valence-corrected chi connectivity index (χ3v) is 4.79. The maximum Gasteiger partial charge on any atom is 0.253 e. The van der Waals surface area contributed by atoms with Crippen LogP contribution in [-0.4, -0.2) is 39.9 Å². The number of hydrogen-bond acceptors (Lipinski definition) is 5. The highest BCUT2D eigenvalue weighted by atomic mass is 16.2. The molecule has 0 bridgehead atoms. The molecule has 1 aromatic carbocycles. The number of imidazole rings is 1. The number of hydrogen-bond donors (Lipinski definition) is 2. The number of para-hydroxylation sites is 1. The third kappa shape index (κ3) is 3.20. The minimum absolute atomic E-state index is 0.0727. The van der Waals surface area contributed by atoms with E-state index in [2.05, 4.69) is 20.6 Å². The molecule has 0 fully saturated rings. The van der Waals surface area contributed by atoms with E-state index in [1.165, 1.54) is 11.1 Å². The van der Waals surface area contributed by atoms with Crippen LogP contribution in [0.3, 0.4) is 0 Å². The fourth-order valence-electron chi connectivity index (χ4n) is 3.19. The number of likely N-dealkylation sites (N-methyl/N-ethyl adjacent to an activating group) is 1. The van der Waals surface area contributed by atoms with E-state index in [4.69, 9.17) is 0 Å². The Morgan fingerprint density at radius 1 is 1.25 bits per heavy atom. The van der Waals surface area contributed by atoms with Gasteiger partial charge in [-0.25, -0.2) is 9.97 Å². The number of pyridine rings is 1. The van der Waals surface area contributed by atoms with Gasteiger partial charge in [0, 0.05) is 32.2 Å². The van der Waals surface area contributed by atoms with Crippen molar-refractivity contribution in [2.75, 3.05) is 23.8 Å². The lowest BCUT2D eigenvalue weighted by Crippen LogP contribution is -2.37. The van der Waals surface area contributed by atoms with E-state index in [9.17, 15) is 9.59 Å². The monoisotopic (exact) mass is 376 g/mol. The van der Waals surface area contributed by atoms with Gasteiger partial charge in [0.05, 0.1) is 23.5 Å². The van der Waals surface area contributed by atoms with Crippen LogP contribution in [0.25, 0.3) is 5.69 Å². The summed E-state index contributed by atoms with van der Waals surface area (Å²) in [6.45, 7) is 2.49. The topological polar surface area (TPSA) is 92.2 Å². The Labute approximate surface area is 162 Å². The van der Waals surface area contributed by atoms with Crippen LogP contribution in [0.2, 0.25) is 0 Å². The van der Waals surface area contributed by atoms with E-state index >= 15 is 0 Å². The molecular formula is C20H20N6O2. The van der Waals surface area contributed by atoms with Crippen LogP contribution in [-0.2, 0) is 11.3 Å². The molecule has 8 heteroatoms. The number of amides is 2. The molecule has 0 radical (unpaired) electrons. The molecule has 0 spiro atoms. The average molecular weight is 376 g/mol. The van der Waals surface area contributed by atoms with Crippen LogP contribution >= 0.6 is 0 Å². The number of nitrogens with one attached hydrogen (secondary N) is 2. The van der Waals surface area contributed by atoms with Crippen molar-refractivity contribution >= 4 is 23.3 Å². The van der Waals surface area contributed by atoms with E-state index in [-0.39, 0.29) is 18.4 Å². The van der Waals surface area contributed by atoms with Crippen molar-refractivity contribution in [2.45, 2.75) is 13.5 Å². The standard InChI is InChI=1S/C20H20N6O2/c1-13-21-7-8-26(13)16-6-4-3-5-14(16)10-24-20(28)15-9-17-19(22-11-15)23-12-18(27)25(17)2/h3-9,11H,10,12H2,1-2H3,(H,22,23)(H,24,28). The Bertz CT molecular complexity index is 1060. The molecule has 3 aromatic rings. The summed E-state index contributed by atoms with van der Waals surface area (Å²) in [5.41, 5.74) is 2.93. The number of carbonyl (C=O) groups is 2. The van der Waals surface area contributed by atoms with Crippen molar-refractivity contribution in [3.8, 4) is 5.69 Å². The molecule has 1 aliphatic rings. The maximum absolute atomic E-state index is 12.7. The molecular weight excluding hydrogens is 356 g/mol. The number of aromatic nitrogens is 3. The molecule has 0 saturated heterocycles. The Morgan fingerprint density at radius 2 is 2.07 bits per heavy atom. The molecule has 28 heavy (non-hydrogen) atoms. The summed E-state index contributed by atoms with van der Waals surface area (Å²) in [6.07, 6.45) is 5.15. The molecule has 3 heterocycles. The zero-order chi connectivity index (χ0) is 19.7. The quantitative estimate of drug-likeness (QED) is 0.726. The first-order valence-corrected chi connectivity index (χ1v) is 8.91. The second-order valence-corrected chi connectivity index (χ2v) is 6.55. The third-order valence-electron chi connectivity index (χ3n) is 4.79. The Morgan fingerprint density at radius 3 is 2.86 bits per heavy atom. The molecule has 4 rings (SSSR count). The summed E-state index contributed by atoms with van der Waals surface area (Å²) in [7, 11) is 1.68. The minimum atomic E-state index is -0.251. The van der Waals surface area contributed by atoms with Gasteiger partial charge in [-0.2, -0.15) is 0 Å². The zero-order valence-corrected chi connectivity index (χ0v) is 15.6. The van der Waals surface area contributed by atoms with Crippen molar-refractivity contribution in [3.05, 3.63) is 65.9 Å². The van der Waals surface area contributed by atoms with Gasteiger partial charge in [0.1, 0.15) is 11.6 Å². The normalized spacial score (nSPS) is 13.1. The predicted octanol–water partition coefficient (Wildman–Crippen LogP) is 1.89. The number of aryl methyl sites for hydroxylation is 1. The van der Waals surface area contributed by atoms with Crippen LogP contribution < -0.4 is 15.5 Å². The molecule has 0 aliphatic carbocycles. The minimum Gasteiger partial charge on any atom is -0.359 e. The fourth-order valence-corrected chi connectivity index (χ4v) is 3.19. The SMILES string of the molecule is Cc1nccn1-c1ccccc1CNC(=O)c1cnc2c(c1)N(C)C(=O)CN2. The highest BCUT2D eigenvalue weighted by molar-refractivity contribution is 6.03. The molecule has 0 atom stereocenters. The van der Waals surface area contributed by atoms with Gasteiger partial charge in [0.15, 0.2) is 0 Å². The van der Waals surface area contributed by atoms with Crippen molar-refractivity contribution in [2.24, 2.45) is 0 Å². The molecule has 2 amide bonds. The smallest absolute Gasteiger partial charge is 0.253 e. The zero-order valence-electron chi connectivity index (χ0n) is 15.6. The Hall–Kier alpha value is -3.68. The first kappa shape index (κ1) is 17.7. The lowest BCUT2D eigenvalue weighted by atomic mass is 10.1. The summed E-state index contributed by atoms with van der Waals surface area (Å²) in [5, 5.41) is 5.89. The van der Waals surface area contributed by atoms with E-state index < -0.39 is 0 Å². The fraction of sp³-hybridized carbons (Fsp3) is 0.200. The van der Waals surface area contributed by atoms with Crippen molar-refractivity contribution in [1.82, 2.24) is 19.9 Å². The van der Waals surface area contributed by atoms with Gasteiger partial charge < -0.3 is 20.1 Å². The highest BCUT2D eigenvalue weighted by Crippen LogP contribution is 2.27. The van der Waals surface area contributed by atoms with E-state index in [0.29, 0.717) is 23.6 Å². The van der Waals surface area contributed by atoms with Crippen LogP contribution in [0.4, 0.5) is 11.5 Å². The lowest BCUT2D eigenvalue weighted by molar-refractivity contribution is -0.116. The summed E-state index contributed by atoms with van der Waals surface area (Å²) >= 11 is 0.